The Morgan fingerprint density at radius 2 is 1.47 bits per heavy atom. The summed E-state index contributed by atoms with van der Waals surface area (Å²) in [6.45, 7) is 8.38. The van der Waals surface area contributed by atoms with Crippen molar-refractivity contribution in [1.82, 2.24) is 0 Å². The minimum Gasteiger partial charge on any atom is -0.394 e. The molecule has 3 heteroatoms. The third-order valence-electron chi connectivity index (χ3n) is 3.07. The normalized spacial score (nSPS) is 12.0. The van der Waals surface area contributed by atoms with Gasteiger partial charge in [-0.2, -0.15) is 11.8 Å². The first-order chi connectivity index (χ1) is 9.06. The molecule has 0 saturated carbocycles. The Labute approximate surface area is 124 Å². The second-order valence-corrected chi connectivity index (χ2v) is 7.61. The number of rotatable bonds is 13. The van der Waals surface area contributed by atoms with Crippen LogP contribution in [0.1, 0.15) is 65.7 Å². The molecule has 0 radical (unpaired) electrons. The SMILES string of the molecule is CC(C)(C)CCCCCCCCSCCOCCO. The van der Waals surface area contributed by atoms with Crippen LogP contribution in [0.2, 0.25) is 0 Å². The number of unbranched alkanes of at least 4 members (excludes halogenated alkanes) is 5. The molecule has 0 aromatic heterocycles. The predicted molar refractivity (Wildman–Crippen MR) is 87.0 cm³/mol. The zero-order valence-electron chi connectivity index (χ0n) is 13.2. The van der Waals surface area contributed by atoms with Crippen molar-refractivity contribution in [2.45, 2.75) is 65.7 Å². The number of hydrogen-bond donors (Lipinski definition) is 1. The van der Waals surface area contributed by atoms with Gasteiger partial charge in [-0.25, -0.2) is 0 Å². The lowest BCUT2D eigenvalue weighted by molar-refractivity contribution is 0.103. The molecule has 0 rings (SSSR count). The quantitative estimate of drug-likeness (QED) is 0.506. The van der Waals surface area contributed by atoms with Crippen LogP contribution in [-0.2, 0) is 4.74 Å². The van der Waals surface area contributed by atoms with Crippen LogP contribution in [0, 0.1) is 5.41 Å². The van der Waals surface area contributed by atoms with Crippen LogP contribution in [0.25, 0.3) is 0 Å². The van der Waals surface area contributed by atoms with Gasteiger partial charge in [0.2, 0.25) is 0 Å². The Morgan fingerprint density at radius 3 is 2.11 bits per heavy atom. The molecule has 0 aliphatic heterocycles. The van der Waals surface area contributed by atoms with Crippen LogP contribution in [0.3, 0.4) is 0 Å². The molecule has 0 aromatic carbocycles. The summed E-state index contributed by atoms with van der Waals surface area (Å²) in [5.74, 6) is 2.32. The summed E-state index contributed by atoms with van der Waals surface area (Å²) in [5.41, 5.74) is 0.509. The van der Waals surface area contributed by atoms with Gasteiger partial charge in [0.05, 0.1) is 19.8 Å². The first kappa shape index (κ1) is 19.3. The highest BCUT2D eigenvalue weighted by atomic mass is 32.2. The summed E-state index contributed by atoms with van der Waals surface area (Å²) < 4.78 is 5.21. The summed E-state index contributed by atoms with van der Waals surface area (Å²) in [5, 5.41) is 8.54. The monoisotopic (exact) mass is 290 g/mol. The molecule has 0 fully saturated rings. The van der Waals surface area contributed by atoms with Crippen molar-refractivity contribution >= 4 is 11.8 Å². The van der Waals surface area contributed by atoms with Gasteiger partial charge in [0.1, 0.15) is 0 Å². The summed E-state index contributed by atoms with van der Waals surface area (Å²) in [7, 11) is 0. The van der Waals surface area contributed by atoms with Gasteiger partial charge in [-0.1, -0.05) is 52.9 Å². The molecule has 2 nitrogen and oxygen atoms in total. The number of hydrogen-bond acceptors (Lipinski definition) is 3. The number of aliphatic hydroxyl groups is 1. The molecular weight excluding hydrogens is 256 g/mol. The van der Waals surface area contributed by atoms with Gasteiger partial charge in [0.25, 0.3) is 0 Å². The first-order valence-electron chi connectivity index (χ1n) is 7.82. The molecule has 116 valence electrons. The highest BCUT2D eigenvalue weighted by Gasteiger charge is 2.08. The average molecular weight is 291 g/mol. The van der Waals surface area contributed by atoms with Crippen LogP contribution in [0.5, 0.6) is 0 Å². The summed E-state index contributed by atoms with van der Waals surface area (Å²) in [6, 6.07) is 0. The molecule has 0 aliphatic carbocycles. The Balaban J connectivity index is 2.99. The molecule has 0 heterocycles. The second kappa shape index (κ2) is 13.3. The van der Waals surface area contributed by atoms with Crippen molar-refractivity contribution in [1.29, 1.82) is 0 Å². The lowest BCUT2D eigenvalue weighted by Crippen LogP contribution is -2.03. The minimum absolute atomic E-state index is 0.139. The molecule has 1 N–H and O–H groups in total. The number of ether oxygens (including phenoxy) is 1. The zero-order valence-corrected chi connectivity index (χ0v) is 14.1. The van der Waals surface area contributed by atoms with E-state index >= 15 is 0 Å². The highest BCUT2D eigenvalue weighted by molar-refractivity contribution is 7.99. The van der Waals surface area contributed by atoms with Crippen LogP contribution in [0.15, 0.2) is 0 Å². The van der Waals surface area contributed by atoms with Crippen molar-refractivity contribution in [2.24, 2.45) is 5.41 Å². The molecule has 0 aliphatic rings. The molecule has 0 bridgehead atoms. The lowest BCUT2D eigenvalue weighted by atomic mass is 9.89. The van der Waals surface area contributed by atoms with E-state index in [-0.39, 0.29) is 6.61 Å². The fraction of sp³-hybridized carbons (Fsp3) is 1.00. The van der Waals surface area contributed by atoms with E-state index in [0.717, 1.165) is 12.4 Å². The molecule has 19 heavy (non-hydrogen) atoms. The van der Waals surface area contributed by atoms with Gasteiger partial charge >= 0.3 is 0 Å². The minimum atomic E-state index is 0.139. The lowest BCUT2D eigenvalue weighted by Gasteiger charge is -2.17. The first-order valence-corrected chi connectivity index (χ1v) is 8.98. The third kappa shape index (κ3) is 18.3. The Hall–Kier alpha value is 0.270. The van der Waals surface area contributed by atoms with E-state index in [4.69, 9.17) is 9.84 Å². The van der Waals surface area contributed by atoms with Gasteiger partial charge in [-0.3, -0.25) is 0 Å². The van der Waals surface area contributed by atoms with E-state index in [9.17, 15) is 0 Å². The number of thioether (sulfide) groups is 1. The van der Waals surface area contributed by atoms with Gasteiger partial charge < -0.3 is 9.84 Å². The standard InChI is InChI=1S/C16H34O2S/c1-16(2,3)10-8-6-4-5-7-9-14-19-15-13-18-12-11-17/h17H,4-15H2,1-3H3. The largest absolute Gasteiger partial charge is 0.394 e. The van der Waals surface area contributed by atoms with E-state index < -0.39 is 0 Å². The Kier molecular flexibility index (Phi) is 13.5. The third-order valence-corrected chi connectivity index (χ3v) is 4.11. The van der Waals surface area contributed by atoms with Crippen molar-refractivity contribution < 1.29 is 9.84 Å². The van der Waals surface area contributed by atoms with Crippen LogP contribution in [0.4, 0.5) is 0 Å². The fourth-order valence-electron chi connectivity index (χ4n) is 1.95. The maximum atomic E-state index is 8.54. The van der Waals surface area contributed by atoms with Gasteiger partial charge in [-0.15, -0.1) is 0 Å². The van der Waals surface area contributed by atoms with E-state index in [2.05, 4.69) is 20.8 Å². The predicted octanol–water partition coefficient (Wildman–Crippen LogP) is 4.51. The van der Waals surface area contributed by atoms with Crippen molar-refractivity contribution in [3.8, 4) is 0 Å². The van der Waals surface area contributed by atoms with Crippen LogP contribution in [-0.4, -0.2) is 36.4 Å². The highest BCUT2D eigenvalue weighted by Crippen LogP contribution is 2.22. The molecule has 0 unspecified atom stereocenters. The van der Waals surface area contributed by atoms with E-state index in [0.29, 0.717) is 12.0 Å². The summed E-state index contributed by atoms with van der Waals surface area (Å²) >= 11 is 1.97. The van der Waals surface area contributed by atoms with Crippen LogP contribution < -0.4 is 0 Å². The average Bonchev–Trinajstić information content (AvgIpc) is 2.34. The van der Waals surface area contributed by atoms with Gasteiger partial charge in [0.15, 0.2) is 0 Å². The number of aliphatic hydroxyl groups excluding tert-OH is 1. The van der Waals surface area contributed by atoms with Gasteiger partial charge in [-0.05, 0) is 24.0 Å². The topological polar surface area (TPSA) is 29.5 Å². The second-order valence-electron chi connectivity index (χ2n) is 6.38. The summed E-state index contributed by atoms with van der Waals surface area (Å²) in [6.07, 6.45) is 9.66. The molecule has 0 aromatic rings. The smallest absolute Gasteiger partial charge is 0.0698 e. The van der Waals surface area contributed by atoms with E-state index in [1.165, 1.54) is 50.7 Å². The van der Waals surface area contributed by atoms with Crippen molar-refractivity contribution in [2.75, 3.05) is 31.3 Å². The maximum Gasteiger partial charge on any atom is 0.0698 e. The Morgan fingerprint density at radius 1 is 0.842 bits per heavy atom. The zero-order chi connectivity index (χ0) is 14.4. The van der Waals surface area contributed by atoms with Crippen LogP contribution >= 0.6 is 11.8 Å². The molecule has 0 spiro atoms. The van der Waals surface area contributed by atoms with E-state index in [1.54, 1.807) is 0 Å². The Bertz CT molecular complexity index is 178. The maximum absolute atomic E-state index is 8.54. The fourth-order valence-corrected chi connectivity index (χ4v) is 2.80. The molecule has 0 amide bonds. The van der Waals surface area contributed by atoms with Crippen molar-refractivity contribution in [3.63, 3.8) is 0 Å². The summed E-state index contributed by atoms with van der Waals surface area (Å²) in [4.78, 5) is 0. The molecule has 0 saturated heterocycles. The molecular formula is C16H34O2S. The van der Waals surface area contributed by atoms with Crippen molar-refractivity contribution in [3.05, 3.63) is 0 Å². The van der Waals surface area contributed by atoms with E-state index in [1.807, 2.05) is 11.8 Å². The molecule has 0 atom stereocenters. The van der Waals surface area contributed by atoms with Gasteiger partial charge in [0, 0.05) is 5.75 Å².